The first kappa shape index (κ1) is 23.0. The minimum absolute atomic E-state index is 0.00402. The number of carbonyl (C=O) groups is 1. The number of nitrogens with zero attached hydrogens (tertiary/aromatic N) is 1. The summed E-state index contributed by atoms with van der Waals surface area (Å²) in [6.45, 7) is -0.596. The number of aliphatic imine (C=N–C) groups is 1. The van der Waals surface area contributed by atoms with Crippen LogP contribution in [0.4, 0.5) is 22.0 Å². The third kappa shape index (κ3) is 4.34. The molecule has 174 valence electrons. The molecule has 1 heterocycles. The Bertz CT molecular complexity index is 1310. The predicted molar refractivity (Wildman–Crippen MR) is 111 cm³/mol. The van der Waals surface area contributed by atoms with E-state index in [-0.39, 0.29) is 22.9 Å². The molecule has 0 saturated heterocycles. The van der Waals surface area contributed by atoms with Crippen LogP contribution in [0.2, 0.25) is 0 Å². The largest absolute Gasteiger partial charge is 0.496 e. The fourth-order valence-corrected chi connectivity index (χ4v) is 3.13. The normalized spacial score (nSPS) is 14.2. The highest BCUT2D eigenvalue weighted by molar-refractivity contribution is 6.12. The molecule has 0 spiro atoms. The van der Waals surface area contributed by atoms with Crippen molar-refractivity contribution in [2.24, 2.45) is 4.99 Å². The van der Waals surface area contributed by atoms with E-state index in [4.69, 9.17) is 14.2 Å². The van der Waals surface area contributed by atoms with E-state index in [1.165, 1.54) is 25.3 Å². The molecule has 3 aromatic carbocycles. The summed E-state index contributed by atoms with van der Waals surface area (Å²) in [6, 6.07) is 13.2. The zero-order valence-electron chi connectivity index (χ0n) is 17.4. The van der Waals surface area contributed by atoms with Gasteiger partial charge in [0.25, 0.3) is 0 Å². The predicted octanol–water partition coefficient (Wildman–Crippen LogP) is 5.31. The van der Waals surface area contributed by atoms with Crippen LogP contribution in [0.25, 0.3) is 6.08 Å². The van der Waals surface area contributed by atoms with Gasteiger partial charge in [0.05, 0.1) is 7.11 Å². The lowest BCUT2D eigenvalue weighted by molar-refractivity contribution is -0.129. The lowest BCUT2D eigenvalue weighted by Gasteiger charge is -2.13. The number of hydrogen-bond acceptors (Lipinski definition) is 5. The van der Waals surface area contributed by atoms with Crippen LogP contribution in [0.3, 0.4) is 0 Å². The first-order valence-corrected chi connectivity index (χ1v) is 9.69. The van der Waals surface area contributed by atoms with Gasteiger partial charge in [0.1, 0.15) is 12.4 Å². The van der Waals surface area contributed by atoms with Crippen LogP contribution in [0.15, 0.2) is 59.2 Å². The van der Waals surface area contributed by atoms with Gasteiger partial charge in [-0.2, -0.15) is 8.78 Å². The number of methoxy groups -OCH3 is 1. The number of rotatable bonds is 6. The molecule has 0 unspecified atom stereocenters. The highest BCUT2D eigenvalue weighted by Gasteiger charge is 2.27. The number of cyclic esters (lactones) is 1. The molecule has 1 aliphatic heterocycles. The Morgan fingerprint density at radius 3 is 2.21 bits per heavy atom. The molecule has 0 aliphatic carbocycles. The summed E-state index contributed by atoms with van der Waals surface area (Å²) < 4.78 is 83.2. The van der Waals surface area contributed by atoms with Gasteiger partial charge in [0.15, 0.2) is 11.4 Å². The summed E-state index contributed by atoms with van der Waals surface area (Å²) in [4.78, 5) is 16.4. The van der Waals surface area contributed by atoms with Crippen molar-refractivity contribution in [3.8, 4) is 11.5 Å². The van der Waals surface area contributed by atoms with Gasteiger partial charge >= 0.3 is 5.97 Å². The van der Waals surface area contributed by atoms with Gasteiger partial charge in [-0.25, -0.2) is 23.0 Å². The summed E-state index contributed by atoms with van der Waals surface area (Å²) in [5.74, 6) is -12.5. The molecular weight excluding hydrogens is 461 g/mol. The van der Waals surface area contributed by atoms with E-state index in [1.54, 1.807) is 36.4 Å². The van der Waals surface area contributed by atoms with Crippen molar-refractivity contribution in [2.45, 2.75) is 6.61 Å². The van der Waals surface area contributed by atoms with E-state index in [2.05, 4.69) is 4.99 Å². The Kier molecular flexibility index (Phi) is 6.31. The maximum Gasteiger partial charge on any atom is 0.363 e. The summed E-state index contributed by atoms with van der Waals surface area (Å²) >= 11 is 0. The first-order chi connectivity index (χ1) is 16.3. The van der Waals surface area contributed by atoms with Crippen molar-refractivity contribution in [1.82, 2.24) is 0 Å². The van der Waals surface area contributed by atoms with Crippen LogP contribution in [0.1, 0.15) is 16.7 Å². The average Bonchev–Trinajstić information content (AvgIpc) is 3.22. The number of halogens is 5. The zero-order valence-corrected chi connectivity index (χ0v) is 17.4. The Balaban J connectivity index is 1.63. The molecule has 0 aromatic heterocycles. The molecule has 4 rings (SSSR count). The van der Waals surface area contributed by atoms with E-state index in [1.807, 2.05) is 0 Å². The van der Waals surface area contributed by atoms with Crippen molar-refractivity contribution in [2.75, 3.05) is 7.11 Å². The molecule has 10 heteroatoms. The topological polar surface area (TPSA) is 57.1 Å². The van der Waals surface area contributed by atoms with Gasteiger partial charge in [-0.05, 0) is 35.9 Å². The molecule has 0 amide bonds. The molecule has 0 fully saturated rings. The fraction of sp³-hybridized carbons (Fsp3) is 0.0833. The number of benzene rings is 3. The van der Waals surface area contributed by atoms with E-state index < -0.39 is 47.4 Å². The van der Waals surface area contributed by atoms with Gasteiger partial charge in [0.2, 0.25) is 35.0 Å². The lowest BCUT2D eigenvalue weighted by Crippen LogP contribution is -2.08. The molecule has 1 aliphatic rings. The van der Waals surface area contributed by atoms with Crippen molar-refractivity contribution in [1.29, 1.82) is 0 Å². The quantitative estimate of drug-likeness (QED) is 0.159. The van der Waals surface area contributed by atoms with Crippen molar-refractivity contribution >= 4 is 17.9 Å². The highest BCUT2D eigenvalue weighted by atomic mass is 19.2. The fourth-order valence-electron chi connectivity index (χ4n) is 3.13. The second-order valence-electron chi connectivity index (χ2n) is 6.96. The van der Waals surface area contributed by atoms with Crippen LogP contribution >= 0.6 is 0 Å². The van der Waals surface area contributed by atoms with Crippen molar-refractivity contribution < 1.29 is 41.0 Å². The van der Waals surface area contributed by atoms with Crippen molar-refractivity contribution in [3.05, 3.63) is 100 Å². The van der Waals surface area contributed by atoms with Crippen LogP contribution in [-0.4, -0.2) is 19.0 Å². The maximum absolute atomic E-state index is 13.9. The molecule has 5 nitrogen and oxygen atoms in total. The second-order valence-corrected chi connectivity index (χ2v) is 6.96. The lowest BCUT2D eigenvalue weighted by atomic mass is 10.1. The monoisotopic (exact) mass is 475 g/mol. The van der Waals surface area contributed by atoms with Crippen LogP contribution < -0.4 is 9.47 Å². The molecule has 0 N–H and O–H groups in total. The molecule has 0 bridgehead atoms. The van der Waals surface area contributed by atoms with Gasteiger partial charge in [0, 0.05) is 11.1 Å². The van der Waals surface area contributed by atoms with Gasteiger partial charge in [-0.3, -0.25) is 0 Å². The van der Waals surface area contributed by atoms with Gasteiger partial charge in [-0.1, -0.05) is 24.3 Å². The van der Waals surface area contributed by atoms with Crippen LogP contribution in [0.5, 0.6) is 11.5 Å². The summed E-state index contributed by atoms with van der Waals surface area (Å²) in [7, 11) is 1.32. The molecule has 0 radical (unpaired) electrons. The third-order valence-electron chi connectivity index (χ3n) is 4.79. The number of hydrogen-bond donors (Lipinski definition) is 0. The van der Waals surface area contributed by atoms with Gasteiger partial charge in [-0.15, -0.1) is 0 Å². The number of ether oxygens (including phenoxy) is 3. The second kappa shape index (κ2) is 9.34. The van der Waals surface area contributed by atoms with Gasteiger partial charge < -0.3 is 14.2 Å². The smallest absolute Gasteiger partial charge is 0.363 e. The Morgan fingerprint density at radius 1 is 0.912 bits per heavy atom. The third-order valence-corrected chi connectivity index (χ3v) is 4.79. The molecule has 3 aromatic rings. The summed E-state index contributed by atoms with van der Waals surface area (Å²) in [6.07, 6.45) is 1.40. The van der Waals surface area contributed by atoms with E-state index in [9.17, 15) is 26.7 Å². The summed E-state index contributed by atoms with van der Waals surface area (Å²) in [5, 5.41) is 0. The average molecular weight is 475 g/mol. The molecule has 0 atom stereocenters. The standard InChI is InChI=1S/C24H14F5NO4/c1-32-16-8-7-12(10-15-24(31)34-23(30-15)13-5-3-2-4-6-13)9-14(16)11-33-22-20(28)18(26)17(25)19(27)21(22)29/h2-10H,11H2,1H3/b15-10-. The Labute approximate surface area is 189 Å². The molecule has 34 heavy (non-hydrogen) atoms. The molecule has 0 saturated carbocycles. The van der Waals surface area contributed by atoms with E-state index >= 15 is 0 Å². The minimum Gasteiger partial charge on any atom is -0.496 e. The highest BCUT2D eigenvalue weighted by Crippen LogP contribution is 2.31. The minimum atomic E-state index is -2.28. The first-order valence-electron chi connectivity index (χ1n) is 9.69. The number of carbonyl (C=O) groups excluding carboxylic acids is 1. The summed E-state index contributed by atoms with van der Waals surface area (Å²) in [5.41, 5.74) is 1.22. The van der Waals surface area contributed by atoms with Crippen LogP contribution in [-0.2, 0) is 16.1 Å². The van der Waals surface area contributed by atoms with Crippen LogP contribution in [0, 0.1) is 29.1 Å². The Morgan fingerprint density at radius 2 is 1.56 bits per heavy atom. The Hall–Kier alpha value is -4.21. The zero-order chi connectivity index (χ0) is 24.4. The van der Waals surface area contributed by atoms with Crippen molar-refractivity contribution in [3.63, 3.8) is 0 Å². The van der Waals surface area contributed by atoms with E-state index in [0.29, 0.717) is 11.1 Å². The SMILES string of the molecule is COc1ccc(/C=C2\N=C(c3ccccc3)OC2=O)cc1COc1c(F)c(F)c(F)c(F)c1F. The maximum atomic E-state index is 13.9. The van der Waals surface area contributed by atoms with E-state index in [0.717, 1.165) is 0 Å². The number of esters is 1. The molecular formula is C24H14F5NO4.